The summed E-state index contributed by atoms with van der Waals surface area (Å²) in [5.41, 5.74) is 3.20. The smallest absolute Gasteiger partial charge is 0.0435 e. The highest BCUT2D eigenvalue weighted by Crippen LogP contribution is 2.45. The monoisotopic (exact) mass is 288 g/mol. The molecular weight excluding hydrogens is 268 g/mol. The minimum atomic E-state index is 0.198. The fourth-order valence-electron chi connectivity index (χ4n) is 3.07. The summed E-state index contributed by atoms with van der Waals surface area (Å²) in [4.78, 5) is 2.83. The molecule has 3 aromatic rings. The molecule has 0 atom stereocenters. The molecule has 0 aliphatic rings. The van der Waals surface area contributed by atoms with Crippen LogP contribution in [-0.4, -0.2) is 0 Å². The van der Waals surface area contributed by atoms with Gasteiger partial charge in [-0.3, -0.25) is 0 Å². The van der Waals surface area contributed by atoms with Gasteiger partial charge in [0, 0.05) is 24.5 Å². The second kappa shape index (κ2) is 4.07. The van der Waals surface area contributed by atoms with Crippen LogP contribution in [0.5, 0.6) is 0 Å². The van der Waals surface area contributed by atoms with Crippen molar-refractivity contribution in [3.8, 4) is 0 Å². The topological polar surface area (TPSA) is 0 Å². The molecular formula is C17H20S2. The molecule has 0 saturated heterocycles. The average molecular weight is 288 g/mol. The summed E-state index contributed by atoms with van der Waals surface area (Å²) in [6.45, 7) is 13.7. The summed E-state index contributed by atoms with van der Waals surface area (Å²) < 4.78 is 2.97. The maximum atomic E-state index is 2.37. The maximum Gasteiger partial charge on any atom is 0.0435 e. The van der Waals surface area contributed by atoms with E-state index in [1.165, 1.54) is 41.1 Å². The van der Waals surface area contributed by atoms with E-state index in [-0.39, 0.29) is 5.41 Å². The van der Waals surface area contributed by atoms with Crippen LogP contribution in [0.4, 0.5) is 0 Å². The van der Waals surface area contributed by atoms with E-state index in [1.54, 1.807) is 0 Å². The molecule has 19 heavy (non-hydrogen) atoms. The molecule has 0 radical (unpaired) electrons. The molecule has 2 heterocycles. The van der Waals surface area contributed by atoms with Gasteiger partial charge in [-0.05, 0) is 54.8 Å². The van der Waals surface area contributed by atoms with Crippen LogP contribution in [0.25, 0.3) is 20.2 Å². The number of rotatable bonds is 0. The normalized spacial score (nSPS) is 12.7. The van der Waals surface area contributed by atoms with Gasteiger partial charge in [-0.2, -0.15) is 0 Å². The zero-order valence-corrected chi connectivity index (χ0v) is 14.1. The van der Waals surface area contributed by atoms with Crippen molar-refractivity contribution in [2.24, 2.45) is 0 Å². The number of fused-ring (bicyclic) bond motifs is 3. The van der Waals surface area contributed by atoms with E-state index in [2.05, 4.69) is 53.7 Å². The average Bonchev–Trinajstić information content (AvgIpc) is 2.79. The van der Waals surface area contributed by atoms with Crippen LogP contribution >= 0.6 is 22.7 Å². The SMILES string of the molecule is Cc1cc2c(s1)c(C(C)(C)C)c(C)c1cc(C)sc12. The summed E-state index contributed by atoms with van der Waals surface area (Å²) >= 11 is 3.89. The predicted octanol–water partition coefficient (Wildman–Crippen LogP) is 6.34. The fraction of sp³-hybridized carbons (Fsp3) is 0.412. The van der Waals surface area contributed by atoms with Gasteiger partial charge in [-0.25, -0.2) is 0 Å². The Balaban J connectivity index is 2.61. The first-order chi connectivity index (χ1) is 8.79. The number of hydrogen-bond acceptors (Lipinski definition) is 2. The molecule has 0 saturated carbocycles. The molecule has 2 heteroatoms. The Morgan fingerprint density at radius 2 is 1.32 bits per heavy atom. The molecule has 0 fully saturated rings. The summed E-state index contributed by atoms with van der Waals surface area (Å²) in [6, 6.07) is 4.73. The minimum Gasteiger partial charge on any atom is -0.140 e. The van der Waals surface area contributed by atoms with Crippen LogP contribution < -0.4 is 0 Å². The Morgan fingerprint density at radius 1 is 0.789 bits per heavy atom. The van der Waals surface area contributed by atoms with Crippen molar-refractivity contribution >= 4 is 42.8 Å². The Hall–Kier alpha value is -0.860. The minimum absolute atomic E-state index is 0.198. The number of thiophene rings is 2. The van der Waals surface area contributed by atoms with Crippen LogP contribution in [0, 0.1) is 20.8 Å². The zero-order valence-electron chi connectivity index (χ0n) is 12.5. The number of benzene rings is 1. The first kappa shape index (κ1) is 13.1. The summed E-state index contributed by atoms with van der Waals surface area (Å²) in [6.07, 6.45) is 0. The van der Waals surface area contributed by atoms with Crippen LogP contribution in [0.3, 0.4) is 0 Å². The molecule has 2 aromatic heterocycles. The van der Waals surface area contributed by atoms with E-state index in [0.29, 0.717) is 0 Å². The van der Waals surface area contributed by atoms with Gasteiger partial charge in [-0.1, -0.05) is 20.8 Å². The highest BCUT2D eigenvalue weighted by atomic mass is 32.1. The van der Waals surface area contributed by atoms with Crippen molar-refractivity contribution in [1.82, 2.24) is 0 Å². The third kappa shape index (κ3) is 1.93. The Labute approximate surface area is 123 Å². The number of aryl methyl sites for hydroxylation is 3. The van der Waals surface area contributed by atoms with Gasteiger partial charge in [-0.15, -0.1) is 22.7 Å². The fourth-order valence-corrected chi connectivity index (χ4v) is 5.56. The van der Waals surface area contributed by atoms with E-state index >= 15 is 0 Å². The van der Waals surface area contributed by atoms with Crippen molar-refractivity contribution in [1.29, 1.82) is 0 Å². The zero-order chi connectivity index (χ0) is 13.9. The molecule has 0 unspecified atom stereocenters. The lowest BCUT2D eigenvalue weighted by Crippen LogP contribution is -2.13. The van der Waals surface area contributed by atoms with Crippen molar-refractivity contribution < 1.29 is 0 Å². The predicted molar refractivity (Wildman–Crippen MR) is 90.1 cm³/mol. The standard InChI is InChI=1S/C17H20S2/c1-9-7-12-11(3)14(17(4,5)6)16-13(15(12)18-9)8-10(2)19-16/h7-8H,1-6H3. The molecule has 100 valence electrons. The van der Waals surface area contributed by atoms with Gasteiger partial charge in [0.2, 0.25) is 0 Å². The van der Waals surface area contributed by atoms with Crippen LogP contribution in [0.1, 0.15) is 41.7 Å². The second-order valence-electron chi connectivity index (χ2n) is 6.45. The van der Waals surface area contributed by atoms with Crippen LogP contribution in [0.2, 0.25) is 0 Å². The van der Waals surface area contributed by atoms with Gasteiger partial charge < -0.3 is 0 Å². The molecule has 0 N–H and O–H groups in total. The van der Waals surface area contributed by atoms with E-state index in [0.717, 1.165) is 0 Å². The third-order valence-corrected chi connectivity index (χ3v) is 5.86. The van der Waals surface area contributed by atoms with Gasteiger partial charge >= 0.3 is 0 Å². The van der Waals surface area contributed by atoms with E-state index in [9.17, 15) is 0 Å². The van der Waals surface area contributed by atoms with E-state index in [1.807, 2.05) is 22.7 Å². The van der Waals surface area contributed by atoms with Gasteiger partial charge in [0.05, 0.1) is 0 Å². The van der Waals surface area contributed by atoms with Gasteiger partial charge in [0.15, 0.2) is 0 Å². The molecule has 3 rings (SSSR count). The molecule has 0 amide bonds. The molecule has 0 aliphatic heterocycles. The number of hydrogen-bond donors (Lipinski definition) is 0. The Morgan fingerprint density at radius 3 is 1.89 bits per heavy atom. The second-order valence-corrected chi connectivity index (χ2v) is 8.96. The molecule has 0 spiro atoms. The first-order valence-corrected chi connectivity index (χ1v) is 8.35. The Kier molecular flexibility index (Phi) is 2.81. The first-order valence-electron chi connectivity index (χ1n) is 6.72. The van der Waals surface area contributed by atoms with Crippen LogP contribution in [0.15, 0.2) is 12.1 Å². The largest absolute Gasteiger partial charge is 0.140 e. The van der Waals surface area contributed by atoms with E-state index in [4.69, 9.17) is 0 Å². The molecule has 1 aromatic carbocycles. The third-order valence-electron chi connectivity index (χ3n) is 3.71. The molecule has 0 bridgehead atoms. The highest BCUT2D eigenvalue weighted by molar-refractivity contribution is 7.23. The Bertz CT molecular complexity index is 779. The van der Waals surface area contributed by atoms with Crippen molar-refractivity contribution in [2.45, 2.75) is 47.0 Å². The quantitative estimate of drug-likeness (QED) is 0.453. The van der Waals surface area contributed by atoms with Gasteiger partial charge in [0.25, 0.3) is 0 Å². The molecule has 0 nitrogen and oxygen atoms in total. The lowest BCUT2D eigenvalue weighted by Gasteiger charge is -2.23. The summed E-state index contributed by atoms with van der Waals surface area (Å²) in [5.74, 6) is 0. The van der Waals surface area contributed by atoms with Crippen molar-refractivity contribution in [3.05, 3.63) is 33.0 Å². The highest BCUT2D eigenvalue weighted by Gasteiger charge is 2.24. The van der Waals surface area contributed by atoms with Crippen molar-refractivity contribution in [2.75, 3.05) is 0 Å². The lowest BCUT2D eigenvalue weighted by atomic mass is 9.82. The van der Waals surface area contributed by atoms with E-state index < -0.39 is 0 Å². The van der Waals surface area contributed by atoms with Crippen molar-refractivity contribution in [3.63, 3.8) is 0 Å². The van der Waals surface area contributed by atoms with Gasteiger partial charge in [0.1, 0.15) is 0 Å². The summed E-state index contributed by atoms with van der Waals surface area (Å²) in [5, 5.41) is 2.92. The molecule has 0 aliphatic carbocycles. The maximum absolute atomic E-state index is 2.37. The summed E-state index contributed by atoms with van der Waals surface area (Å²) in [7, 11) is 0. The lowest BCUT2D eigenvalue weighted by molar-refractivity contribution is 0.594. The van der Waals surface area contributed by atoms with Crippen LogP contribution in [-0.2, 0) is 5.41 Å².